The number of carbonyl (C=O) groups excluding carboxylic acids is 2. The van der Waals surface area contributed by atoms with Gasteiger partial charge in [0.05, 0.1) is 26.4 Å². The Bertz CT molecular complexity index is 1020. The number of esters is 2. The lowest BCUT2D eigenvalue weighted by molar-refractivity contribution is -0.139. The summed E-state index contributed by atoms with van der Waals surface area (Å²) in [6.45, 7) is 3.82. The fraction of sp³-hybridized carbons (Fsp3) is 0.250. The number of benzene rings is 2. The molecule has 6 nitrogen and oxygen atoms in total. The molecule has 3 rings (SSSR count). The quantitative estimate of drug-likeness (QED) is 0.539. The van der Waals surface area contributed by atoms with E-state index in [1.54, 1.807) is 31.9 Å². The van der Waals surface area contributed by atoms with Crippen LogP contribution in [-0.2, 0) is 19.1 Å². The normalized spacial score (nSPS) is 16.0. The molecule has 162 valence electrons. The van der Waals surface area contributed by atoms with Crippen LogP contribution in [0.3, 0.4) is 0 Å². The van der Waals surface area contributed by atoms with Crippen molar-refractivity contribution in [1.82, 2.24) is 0 Å². The Hall–Kier alpha value is -3.06. The van der Waals surface area contributed by atoms with E-state index < -0.39 is 17.9 Å². The van der Waals surface area contributed by atoms with E-state index in [9.17, 15) is 9.59 Å². The predicted octanol–water partition coefficient (Wildman–Crippen LogP) is 4.96. The number of carbonyl (C=O) groups is 2. The first-order valence-corrected chi connectivity index (χ1v) is 10.6. The smallest absolute Gasteiger partial charge is 0.354 e. The minimum atomic E-state index is -0.497. The number of hydrogen-bond donors (Lipinski definition) is 0. The molecular weight excluding hydrogens is 462 g/mol. The van der Waals surface area contributed by atoms with Crippen molar-refractivity contribution >= 4 is 33.6 Å². The van der Waals surface area contributed by atoms with Crippen LogP contribution >= 0.6 is 15.9 Å². The van der Waals surface area contributed by atoms with Crippen molar-refractivity contribution in [2.24, 2.45) is 0 Å². The zero-order chi connectivity index (χ0) is 22.5. The number of ether oxygens (including phenoxy) is 3. The third-order valence-corrected chi connectivity index (χ3v) is 5.58. The van der Waals surface area contributed by atoms with Gasteiger partial charge in [0.1, 0.15) is 11.4 Å². The Balaban J connectivity index is 2.21. The van der Waals surface area contributed by atoms with Gasteiger partial charge in [0.2, 0.25) is 0 Å². The number of allylic oxidation sites excluding steroid dienone is 2. The summed E-state index contributed by atoms with van der Waals surface area (Å²) in [7, 11) is 2.93. The van der Waals surface area contributed by atoms with E-state index in [0.717, 1.165) is 15.7 Å². The van der Waals surface area contributed by atoms with Crippen molar-refractivity contribution in [2.75, 3.05) is 25.7 Å². The fourth-order valence-corrected chi connectivity index (χ4v) is 3.85. The lowest BCUT2D eigenvalue weighted by Crippen LogP contribution is -2.34. The third-order valence-electron chi connectivity index (χ3n) is 5.05. The van der Waals surface area contributed by atoms with Crippen LogP contribution in [0.25, 0.3) is 0 Å². The summed E-state index contributed by atoms with van der Waals surface area (Å²) in [5.41, 5.74) is 2.95. The summed E-state index contributed by atoms with van der Waals surface area (Å²) in [4.78, 5) is 27.5. The van der Waals surface area contributed by atoms with Gasteiger partial charge in [-0.05, 0) is 61.9 Å². The zero-order valence-electron chi connectivity index (χ0n) is 17.8. The van der Waals surface area contributed by atoms with Gasteiger partial charge in [0.15, 0.2) is 0 Å². The minimum Gasteiger partial charge on any atom is -0.497 e. The monoisotopic (exact) mass is 485 g/mol. The molecule has 1 unspecified atom stereocenters. The standard InChI is InChI=1S/C24H24BrNO5/c1-5-31-24(28)22-15(2)26(18-10-8-17(25)9-11-18)21(23(27)30-4)14-20(22)16-6-12-19(29-3)13-7-16/h6-14,20H,5H2,1-4H3. The lowest BCUT2D eigenvalue weighted by atomic mass is 9.85. The molecule has 1 atom stereocenters. The maximum atomic E-state index is 13.0. The number of hydrogen-bond acceptors (Lipinski definition) is 6. The van der Waals surface area contributed by atoms with E-state index in [0.29, 0.717) is 22.7 Å². The van der Waals surface area contributed by atoms with Crippen molar-refractivity contribution in [3.8, 4) is 5.75 Å². The van der Waals surface area contributed by atoms with Gasteiger partial charge in [-0.3, -0.25) is 0 Å². The molecule has 0 spiro atoms. The van der Waals surface area contributed by atoms with Crippen LogP contribution in [0, 0.1) is 0 Å². The molecule has 31 heavy (non-hydrogen) atoms. The molecule has 1 aliphatic rings. The third kappa shape index (κ3) is 4.66. The Labute approximate surface area is 190 Å². The average Bonchev–Trinajstić information content (AvgIpc) is 2.78. The molecule has 1 aliphatic heterocycles. The van der Waals surface area contributed by atoms with Crippen molar-refractivity contribution < 1.29 is 23.8 Å². The zero-order valence-corrected chi connectivity index (χ0v) is 19.4. The van der Waals surface area contributed by atoms with Crippen LogP contribution in [0.4, 0.5) is 5.69 Å². The number of nitrogens with zero attached hydrogens (tertiary/aromatic N) is 1. The van der Waals surface area contributed by atoms with Crippen molar-refractivity contribution in [2.45, 2.75) is 19.8 Å². The topological polar surface area (TPSA) is 65.1 Å². The lowest BCUT2D eigenvalue weighted by Gasteiger charge is -2.35. The van der Waals surface area contributed by atoms with Crippen LogP contribution < -0.4 is 9.64 Å². The Morgan fingerprint density at radius 1 is 1.00 bits per heavy atom. The van der Waals surface area contributed by atoms with Crippen LogP contribution in [0.5, 0.6) is 5.75 Å². The molecule has 0 radical (unpaired) electrons. The highest BCUT2D eigenvalue weighted by atomic mass is 79.9. The fourth-order valence-electron chi connectivity index (χ4n) is 3.59. The maximum Gasteiger partial charge on any atom is 0.354 e. The number of anilines is 1. The van der Waals surface area contributed by atoms with Gasteiger partial charge in [-0.2, -0.15) is 0 Å². The summed E-state index contributed by atoms with van der Waals surface area (Å²) >= 11 is 3.43. The van der Waals surface area contributed by atoms with Gasteiger partial charge in [0, 0.05) is 21.8 Å². The molecule has 7 heteroatoms. The number of halogens is 1. The summed E-state index contributed by atoms with van der Waals surface area (Å²) in [5.74, 6) is -0.704. The van der Waals surface area contributed by atoms with E-state index in [-0.39, 0.29) is 6.61 Å². The van der Waals surface area contributed by atoms with Crippen molar-refractivity contribution in [3.63, 3.8) is 0 Å². The molecule has 0 fully saturated rings. The van der Waals surface area contributed by atoms with Gasteiger partial charge in [-0.25, -0.2) is 9.59 Å². The van der Waals surface area contributed by atoms with Crippen molar-refractivity contribution in [3.05, 3.63) is 81.6 Å². The summed E-state index contributed by atoms with van der Waals surface area (Å²) in [6, 6.07) is 14.9. The van der Waals surface area contributed by atoms with E-state index in [2.05, 4.69) is 15.9 Å². The highest BCUT2D eigenvalue weighted by Crippen LogP contribution is 2.40. The molecule has 1 heterocycles. The Kier molecular flexibility index (Phi) is 7.17. The van der Waals surface area contributed by atoms with Crippen LogP contribution in [-0.4, -0.2) is 32.8 Å². The molecule has 0 aliphatic carbocycles. The summed E-state index contributed by atoms with van der Waals surface area (Å²) in [6.07, 6.45) is 1.74. The molecule has 0 saturated carbocycles. The molecule has 0 aromatic heterocycles. The second kappa shape index (κ2) is 9.83. The first-order valence-electron chi connectivity index (χ1n) is 9.78. The molecule has 0 amide bonds. The Morgan fingerprint density at radius 3 is 2.19 bits per heavy atom. The van der Waals surface area contributed by atoms with E-state index >= 15 is 0 Å². The number of methoxy groups -OCH3 is 2. The molecular formula is C24H24BrNO5. The van der Waals surface area contributed by atoms with E-state index in [4.69, 9.17) is 14.2 Å². The largest absolute Gasteiger partial charge is 0.497 e. The van der Waals surface area contributed by atoms with Gasteiger partial charge in [-0.15, -0.1) is 0 Å². The van der Waals surface area contributed by atoms with E-state index in [1.807, 2.05) is 48.5 Å². The summed E-state index contributed by atoms with van der Waals surface area (Å²) in [5, 5.41) is 0. The average molecular weight is 486 g/mol. The molecule has 2 aromatic rings. The SMILES string of the molecule is CCOC(=O)C1=C(C)N(c2ccc(Br)cc2)C(C(=O)OC)=CC1c1ccc(OC)cc1. The first kappa shape index (κ1) is 22.6. The maximum absolute atomic E-state index is 13.0. The van der Waals surface area contributed by atoms with Crippen LogP contribution in [0.1, 0.15) is 25.3 Å². The minimum absolute atomic E-state index is 0.247. The van der Waals surface area contributed by atoms with Gasteiger partial charge in [0.25, 0.3) is 0 Å². The van der Waals surface area contributed by atoms with Gasteiger partial charge >= 0.3 is 11.9 Å². The summed E-state index contributed by atoms with van der Waals surface area (Å²) < 4.78 is 16.6. The number of rotatable bonds is 6. The second-order valence-electron chi connectivity index (χ2n) is 6.83. The van der Waals surface area contributed by atoms with Gasteiger partial charge in [-0.1, -0.05) is 28.1 Å². The van der Waals surface area contributed by atoms with E-state index in [1.165, 1.54) is 7.11 Å². The van der Waals surface area contributed by atoms with Gasteiger partial charge < -0.3 is 19.1 Å². The highest BCUT2D eigenvalue weighted by molar-refractivity contribution is 9.10. The molecule has 0 N–H and O–H groups in total. The molecule has 0 saturated heterocycles. The Morgan fingerprint density at radius 2 is 1.65 bits per heavy atom. The van der Waals surface area contributed by atoms with Crippen molar-refractivity contribution in [1.29, 1.82) is 0 Å². The predicted molar refractivity (Wildman–Crippen MR) is 122 cm³/mol. The highest BCUT2D eigenvalue weighted by Gasteiger charge is 2.36. The molecule has 2 aromatic carbocycles. The second-order valence-corrected chi connectivity index (χ2v) is 7.74. The first-order chi connectivity index (χ1) is 14.9. The van der Waals surface area contributed by atoms with Crippen LogP contribution in [0.15, 0.2) is 76.0 Å². The van der Waals surface area contributed by atoms with Crippen LogP contribution in [0.2, 0.25) is 0 Å². The molecule has 0 bridgehead atoms.